The van der Waals surface area contributed by atoms with Gasteiger partial charge in [-0.2, -0.15) is 11.8 Å². The zero-order chi connectivity index (χ0) is 16.3. The molecule has 1 fully saturated rings. The van der Waals surface area contributed by atoms with Gasteiger partial charge in [-0.1, -0.05) is 18.2 Å². The smallest absolute Gasteiger partial charge is 0.237 e. The molecule has 1 spiro atoms. The maximum absolute atomic E-state index is 12.4. The Hall–Kier alpha value is -1.20. The first kappa shape index (κ1) is 16.7. The van der Waals surface area contributed by atoms with E-state index in [0.717, 1.165) is 36.3 Å². The van der Waals surface area contributed by atoms with Crippen LogP contribution in [0.1, 0.15) is 50.1 Å². The monoisotopic (exact) mass is 334 g/mol. The predicted molar refractivity (Wildman–Crippen MR) is 94.7 cm³/mol. The molecule has 1 aliphatic heterocycles. The molecule has 3 rings (SSSR count). The quantitative estimate of drug-likeness (QED) is 0.869. The van der Waals surface area contributed by atoms with Gasteiger partial charge in [-0.25, -0.2) is 0 Å². The molecule has 1 heterocycles. The molecule has 2 aliphatic rings. The molecule has 4 nitrogen and oxygen atoms in total. The van der Waals surface area contributed by atoms with Gasteiger partial charge in [0.15, 0.2) is 0 Å². The molecule has 2 atom stereocenters. The molecule has 1 aromatic carbocycles. The molecule has 3 N–H and O–H groups in total. The standard InChI is InChI=1S/C18H26N2O2S/c1-23-11-8-14(19)17(21)20-15-12-18(9-4-5-10-18)22-16-7-3-2-6-13(15)16/h2-3,6-7,14-15H,4-5,8-12,19H2,1H3,(H,20,21)/t14-,15?/m0/s1. The van der Waals surface area contributed by atoms with Gasteiger partial charge in [-0.3, -0.25) is 4.79 Å². The van der Waals surface area contributed by atoms with Crippen LogP contribution in [0.3, 0.4) is 0 Å². The summed E-state index contributed by atoms with van der Waals surface area (Å²) in [7, 11) is 0. The van der Waals surface area contributed by atoms with Crippen LogP contribution < -0.4 is 15.8 Å². The van der Waals surface area contributed by atoms with E-state index >= 15 is 0 Å². The van der Waals surface area contributed by atoms with Gasteiger partial charge in [0.2, 0.25) is 5.91 Å². The first-order valence-corrected chi connectivity index (χ1v) is 9.86. The number of hydrogen-bond acceptors (Lipinski definition) is 4. The zero-order valence-electron chi connectivity index (χ0n) is 13.7. The maximum atomic E-state index is 12.4. The SMILES string of the molecule is CSCC[C@H](N)C(=O)NC1CC2(CCCC2)Oc2ccccc21. The number of ether oxygens (including phenoxy) is 1. The lowest BCUT2D eigenvalue weighted by Crippen LogP contribution is -2.47. The van der Waals surface area contributed by atoms with Gasteiger partial charge in [-0.05, 0) is 50.2 Å². The average Bonchev–Trinajstić information content (AvgIpc) is 3.00. The molecular weight excluding hydrogens is 308 g/mol. The minimum absolute atomic E-state index is 0.00544. The second-order valence-electron chi connectivity index (χ2n) is 6.68. The van der Waals surface area contributed by atoms with Crippen molar-refractivity contribution in [2.45, 2.75) is 56.2 Å². The van der Waals surface area contributed by atoms with E-state index < -0.39 is 6.04 Å². The lowest BCUT2D eigenvalue weighted by atomic mass is 9.85. The summed E-state index contributed by atoms with van der Waals surface area (Å²) >= 11 is 1.72. The molecule has 5 heteroatoms. The fraction of sp³-hybridized carbons (Fsp3) is 0.611. The van der Waals surface area contributed by atoms with Gasteiger partial charge in [0.1, 0.15) is 11.4 Å². The Morgan fingerprint density at radius 1 is 1.43 bits per heavy atom. The summed E-state index contributed by atoms with van der Waals surface area (Å²) in [5.41, 5.74) is 7.01. The van der Waals surface area contributed by atoms with Crippen LogP contribution in [-0.4, -0.2) is 29.6 Å². The number of amides is 1. The molecule has 1 unspecified atom stereocenters. The highest BCUT2D eigenvalue weighted by atomic mass is 32.2. The van der Waals surface area contributed by atoms with E-state index in [-0.39, 0.29) is 17.6 Å². The highest BCUT2D eigenvalue weighted by molar-refractivity contribution is 7.98. The van der Waals surface area contributed by atoms with Crippen LogP contribution in [0.5, 0.6) is 5.75 Å². The topological polar surface area (TPSA) is 64.4 Å². The zero-order valence-corrected chi connectivity index (χ0v) is 14.5. The lowest BCUT2D eigenvalue weighted by Gasteiger charge is -2.40. The molecule has 0 radical (unpaired) electrons. The van der Waals surface area contributed by atoms with E-state index in [1.807, 2.05) is 24.5 Å². The predicted octanol–water partition coefficient (Wildman–Crippen LogP) is 3.02. The van der Waals surface area contributed by atoms with Crippen molar-refractivity contribution in [3.05, 3.63) is 29.8 Å². The van der Waals surface area contributed by atoms with Gasteiger partial charge in [0.05, 0.1) is 12.1 Å². The summed E-state index contributed by atoms with van der Waals surface area (Å²) < 4.78 is 6.33. The highest BCUT2D eigenvalue weighted by Gasteiger charge is 2.43. The summed E-state index contributed by atoms with van der Waals surface area (Å²) in [6.07, 6.45) is 8.15. The van der Waals surface area contributed by atoms with Crippen molar-refractivity contribution in [3.8, 4) is 5.75 Å². The number of carbonyl (C=O) groups excluding carboxylic acids is 1. The van der Waals surface area contributed by atoms with E-state index in [9.17, 15) is 4.79 Å². The van der Waals surface area contributed by atoms with Crippen molar-refractivity contribution in [1.82, 2.24) is 5.32 Å². The largest absolute Gasteiger partial charge is 0.487 e. The Bertz CT molecular complexity index is 558. The van der Waals surface area contributed by atoms with E-state index in [1.54, 1.807) is 11.8 Å². The minimum Gasteiger partial charge on any atom is -0.487 e. The van der Waals surface area contributed by atoms with Crippen LogP contribution >= 0.6 is 11.8 Å². The van der Waals surface area contributed by atoms with Crippen LogP contribution in [-0.2, 0) is 4.79 Å². The maximum Gasteiger partial charge on any atom is 0.237 e. The molecular formula is C18H26N2O2S. The minimum atomic E-state index is -0.433. The fourth-order valence-electron chi connectivity index (χ4n) is 3.73. The van der Waals surface area contributed by atoms with Crippen LogP contribution in [0, 0.1) is 0 Å². The normalized spacial score (nSPS) is 23.1. The molecule has 23 heavy (non-hydrogen) atoms. The Morgan fingerprint density at radius 3 is 2.91 bits per heavy atom. The van der Waals surface area contributed by atoms with E-state index in [4.69, 9.17) is 10.5 Å². The molecule has 1 aliphatic carbocycles. The van der Waals surface area contributed by atoms with Crippen LogP contribution in [0.25, 0.3) is 0 Å². The number of thioether (sulfide) groups is 1. The molecule has 1 saturated carbocycles. The second kappa shape index (κ2) is 7.14. The third-order valence-electron chi connectivity index (χ3n) is 5.00. The number of fused-ring (bicyclic) bond motifs is 1. The summed E-state index contributed by atoms with van der Waals surface area (Å²) in [6.45, 7) is 0. The van der Waals surface area contributed by atoms with Crippen molar-refractivity contribution in [1.29, 1.82) is 0 Å². The molecule has 0 aromatic heterocycles. The van der Waals surface area contributed by atoms with Crippen molar-refractivity contribution in [2.75, 3.05) is 12.0 Å². The van der Waals surface area contributed by atoms with Crippen molar-refractivity contribution >= 4 is 17.7 Å². The molecule has 126 valence electrons. The van der Waals surface area contributed by atoms with Gasteiger partial charge in [0.25, 0.3) is 0 Å². The number of carbonyl (C=O) groups is 1. The molecule has 1 amide bonds. The summed E-state index contributed by atoms with van der Waals surface area (Å²) in [6, 6.07) is 7.64. The van der Waals surface area contributed by atoms with Crippen LogP contribution in [0.2, 0.25) is 0 Å². The van der Waals surface area contributed by atoms with Gasteiger partial charge >= 0.3 is 0 Å². The van der Waals surface area contributed by atoms with Gasteiger partial charge < -0.3 is 15.8 Å². The number of nitrogens with two attached hydrogens (primary N) is 1. The Balaban J connectivity index is 1.76. The number of benzene rings is 1. The molecule has 1 aromatic rings. The van der Waals surface area contributed by atoms with E-state index in [0.29, 0.717) is 6.42 Å². The number of hydrogen-bond donors (Lipinski definition) is 2. The third kappa shape index (κ3) is 3.66. The fourth-order valence-corrected chi connectivity index (χ4v) is 4.22. The summed E-state index contributed by atoms with van der Waals surface area (Å²) in [5, 5.41) is 3.18. The van der Waals surface area contributed by atoms with Gasteiger partial charge in [-0.15, -0.1) is 0 Å². The van der Waals surface area contributed by atoms with E-state index in [1.165, 1.54) is 12.8 Å². The Morgan fingerprint density at radius 2 is 2.17 bits per heavy atom. The third-order valence-corrected chi connectivity index (χ3v) is 5.64. The van der Waals surface area contributed by atoms with Crippen LogP contribution in [0.4, 0.5) is 0 Å². The number of rotatable bonds is 5. The Labute approximate surface area is 142 Å². The van der Waals surface area contributed by atoms with Gasteiger partial charge in [0, 0.05) is 12.0 Å². The first-order chi connectivity index (χ1) is 11.1. The number of nitrogens with one attached hydrogen (secondary N) is 1. The van der Waals surface area contributed by atoms with E-state index in [2.05, 4.69) is 11.4 Å². The van der Waals surface area contributed by atoms with Crippen molar-refractivity contribution in [2.24, 2.45) is 5.73 Å². The Kier molecular flexibility index (Phi) is 5.17. The average molecular weight is 334 g/mol. The van der Waals surface area contributed by atoms with Crippen molar-refractivity contribution in [3.63, 3.8) is 0 Å². The second-order valence-corrected chi connectivity index (χ2v) is 7.67. The molecule has 0 bridgehead atoms. The number of para-hydroxylation sites is 1. The lowest BCUT2D eigenvalue weighted by molar-refractivity contribution is -0.123. The summed E-state index contributed by atoms with van der Waals surface area (Å²) in [5.74, 6) is 1.78. The first-order valence-electron chi connectivity index (χ1n) is 8.46. The summed E-state index contributed by atoms with van der Waals surface area (Å²) in [4.78, 5) is 12.4. The van der Waals surface area contributed by atoms with Crippen LogP contribution in [0.15, 0.2) is 24.3 Å². The highest BCUT2D eigenvalue weighted by Crippen LogP contribution is 2.46. The van der Waals surface area contributed by atoms with Crippen molar-refractivity contribution < 1.29 is 9.53 Å². The molecule has 0 saturated heterocycles.